The summed E-state index contributed by atoms with van der Waals surface area (Å²) in [6.45, 7) is 8.85. The van der Waals surface area contributed by atoms with Gasteiger partial charge >= 0.3 is 0 Å². The topological polar surface area (TPSA) is 91.8 Å². The molecule has 31 heavy (non-hydrogen) atoms. The molecule has 166 valence electrons. The summed E-state index contributed by atoms with van der Waals surface area (Å²) < 4.78 is 5.89. The van der Waals surface area contributed by atoms with E-state index in [1.165, 1.54) is 0 Å². The van der Waals surface area contributed by atoms with Crippen LogP contribution in [-0.4, -0.2) is 39.5 Å². The van der Waals surface area contributed by atoms with Gasteiger partial charge in [0.05, 0.1) is 5.92 Å². The molecule has 0 aliphatic carbocycles. The van der Waals surface area contributed by atoms with Gasteiger partial charge in [-0.1, -0.05) is 26.0 Å². The summed E-state index contributed by atoms with van der Waals surface area (Å²) >= 11 is 0. The normalized spacial score (nSPS) is 17.2. The molecule has 1 aromatic heterocycles. The van der Waals surface area contributed by atoms with E-state index in [1.807, 2.05) is 64.1 Å². The number of benzene rings is 1. The van der Waals surface area contributed by atoms with Crippen LogP contribution in [0.2, 0.25) is 0 Å². The summed E-state index contributed by atoms with van der Waals surface area (Å²) in [7, 11) is 0. The smallest absolute Gasteiger partial charge is 0.266 e. The fourth-order valence-electron chi connectivity index (χ4n) is 4.18. The standard InChI is InChI=1S/C24H31N3O4/c1-15(2)11-22(23(28)26-30)27-10-9-21(24(27)29)19-5-7-20(8-6-19)31-14-18-12-16(3)25-17(4)13-18/h5-8,12-13,15,21-22,30H,9-11,14H2,1-4H3,(H,26,28). The molecule has 2 N–H and O–H groups in total. The third kappa shape index (κ3) is 5.61. The molecule has 0 spiro atoms. The van der Waals surface area contributed by atoms with E-state index in [9.17, 15) is 9.59 Å². The van der Waals surface area contributed by atoms with Gasteiger partial charge in [-0.25, -0.2) is 5.48 Å². The van der Waals surface area contributed by atoms with E-state index < -0.39 is 11.9 Å². The first-order valence-electron chi connectivity index (χ1n) is 10.7. The second-order valence-electron chi connectivity index (χ2n) is 8.61. The van der Waals surface area contributed by atoms with Crippen LogP contribution in [0.3, 0.4) is 0 Å². The third-order valence-electron chi connectivity index (χ3n) is 5.55. The van der Waals surface area contributed by atoms with Gasteiger partial charge in [-0.05, 0) is 68.0 Å². The van der Waals surface area contributed by atoms with Crippen molar-refractivity contribution in [1.82, 2.24) is 15.4 Å². The number of hydroxylamine groups is 1. The van der Waals surface area contributed by atoms with Crippen LogP contribution in [0.25, 0.3) is 0 Å². The van der Waals surface area contributed by atoms with Crippen LogP contribution >= 0.6 is 0 Å². The van der Waals surface area contributed by atoms with Crippen LogP contribution in [0.4, 0.5) is 0 Å². The van der Waals surface area contributed by atoms with E-state index in [0.29, 0.717) is 26.0 Å². The first-order valence-corrected chi connectivity index (χ1v) is 10.7. The maximum absolute atomic E-state index is 13.0. The van der Waals surface area contributed by atoms with Gasteiger partial charge in [0.25, 0.3) is 5.91 Å². The molecule has 1 aromatic carbocycles. The first-order chi connectivity index (χ1) is 14.8. The number of nitrogens with one attached hydrogen (secondary N) is 1. The van der Waals surface area contributed by atoms with E-state index in [1.54, 1.807) is 10.4 Å². The fraction of sp³-hybridized carbons (Fsp3) is 0.458. The number of ether oxygens (including phenoxy) is 1. The number of hydrogen-bond acceptors (Lipinski definition) is 5. The minimum Gasteiger partial charge on any atom is -0.489 e. The lowest BCUT2D eigenvalue weighted by Gasteiger charge is -2.27. The average Bonchev–Trinajstić information content (AvgIpc) is 3.10. The number of amides is 2. The number of aryl methyl sites for hydroxylation is 2. The van der Waals surface area contributed by atoms with Crippen LogP contribution in [-0.2, 0) is 16.2 Å². The monoisotopic (exact) mass is 425 g/mol. The molecular formula is C24H31N3O4. The van der Waals surface area contributed by atoms with Crippen molar-refractivity contribution in [2.45, 2.75) is 59.1 Å². The van der Waals surface area contributed by atoms with Crippen LogP contribution < -0.4 is 10.2 Å². The summed E-state index contributed by atoms with van der Waals surface area (Å²) in [4.78, 5) is 31.1. The lowest BCUT2D eigenvalue weighted by Crippen LogP contribution is -2.47. The Morgan fingerprint density at radius 2 is 1.87 bits per heavy atom. The minimum absolute atomic E-state index is 0.0781. The van der Waals surface area contributed by atoms with Crippen molar-refractivity contribution in [3.63, 3.8) is 0 Å². The Balaban J connectivity index is 1.65. The molecule has 1 aliphatic heterocycles. The molecule has 1 fully saturated rings. The Kier molecular flexibility index (Phi) is 7.28. The quantitative estimate of drug-likeness (QED) is 0.499. The molecule has 0 bridgehead atoms. The zero-order valence-corrected chi connectivity index (χ0v) is 18.6. The van der Waals surface area contributed by atoms with Crippen LogP contribution in [0, 0.1) is 19.8 Å². The molecule has 2 atom stereocenters. The van der Waals surface area contributed by atoms with Gasteiger partial charge in [0, 0.05) is 17.9 Å². The molecule has 1 aliphatic rings. The van der Waals surface area contributed by atoms with Gasteiger partial charge in [0.2, 0.25) is 5.91 Å². The molecule has 1 saturated heterocycles. The average molecular weight is 426 g/mol. The second-order valence-corrected chi connectivity index (χ2v) is 8.61. The van der Waals surface area contributed by atoms with Crippen LogP contribution in [0.5, 0.6) is 5.75 Å². The molecule has 3 rings (SSSR count). The Morgan fingerprint density at radius 1 is 1.23 bits per heavy atom. The lowest BCUT2D eigenvalue weighted by atomic mass is 9.97. The van der Waals surface area contributed by atoms with Crippen LogP contribution in [0.15, 0.2) is 36.4 Å². The fourth-order valence-corrected chi connectivity index (χ4v) is 4.18. The van der Waals surface area contributed by atoms with Crippen molar-refractivity contribution in [2.75, 3.05) is 6.54 Å². The highest BCUT2D eigenvalue weighted by Gasteiger charge is 2.39. The van der Waals surface area contributed by atoms with Gasteiger partial charge in [-0.2, -0.15) is 0 Å². The minimum atomic E-state index is -0.655. The molecule has 2 unspecified atom stereocenters. The van der Waals surface area contributed by atoms with E-state index in [2.05, 4.69) is 4.98 Å². The summed E-state index contributed by atoms with van der Waals surface area (Å²) in [5.41, 5.74) is 5.60. The molecule has 0 saturated carbocycles. The molecule has 0 radical (unpaired) electrons. The van der Waals surface area contributed by atoms with Gasteiger partial charge in [0.15, 0.2) is 0 Å². The number of nitrogens with zero attached hydrogens (tertiary/aromatic N) is 2. The number of likely N-dealkylation sites (tertiary alicyclic amines) is 1. The van der Waals surface area contributed by atoms with E-state index in [0.717, 1.165) is 28.3 Å². The highest BCUT2D eigenvalue weighted by molar-refractivity contribution is 5.91. The first kappa shape index (κ1) is 22.7. The van der Waals surface area contributed by atoms with E-state index in [4.69, 9.17) is 9.94 Å². The van der Waals surface area contributed by atoms with Crippen molar-refractivity contribution in [1.29, 1.82) is 0 Å². The zero-order chi connectivity index (χ0) is 22.5. The number of carbonyl (C=O) groups excluding carboxylic acids is 2. The molecular weight excluding hydrogens is 394 g/mol. The Bertz CT molecular complexity index is 907. The van der Waals surface area contributed by atoms with Crippen molar-refractivity contribution >= 4 is 11.8 Å². The van der Waals surface area contributed by atoms with Crippen molar-refractivity contribution in [2.24, 2.45) is 5.92 Å². The SMILES string of the molecule is Cc1cc(COc2ccc(C3CCN(C(CC(C)C)C(=O)NO)C3=O)cc2)cc(C)n1. The van der Waals surface area contributed by atoms with Gasteiger partial charge < -0.3 is 9.64 Å². The summed E-state index contributed by atoms with van der Waals surface area (Å²) in [5.74, 6) is 0.0495. The number of rotatable bonds is 8. The molecule has 2 amide bonds. The highest BCUT2D eigenvalue weighted by Crippen LogP contribution is 2.32. The largest absolute Gasteiger partial charge is 0.489 e. The Morgan fingerprint density at radius 3 is 2.45 bits per heavy atom. The molecule has 7 nitrogen and oxygen atoms in total. The van der Waals surface area contributed by atoms with Gasteiger partial charge in [-0.3, -0.25) is 19.8 Å². The summed E-state index contributed by atoms with van der Waals surface area (Å²) in [6.07, 6.45) is 1.15. The third-order valence-corrected chi connectivity index (χ3v) is 5.55. The van der Waals surface area contributed by atoms with Crippen molar-refractivity contribution in [3.8, 4) is 5.75 Å². The second kappa shape index (κ2) is 9.92. The van der Waals surface area contributed by atoms with Crippen LogP contribution in [0.1, 0.15) is 55.1 Å². The van der Waals surface area contributed by atoms with E-state index in [-0.39, 0.29) is 17.7 Å². The molecule has 2 heterocycles. The van der Waals surface area contributed by atoms with E-state index >= 15 is 0 Å². The lowest BCUT2D eigenvalue weighted by molar-refractivity contribution is -0.143. The highest BCUT2D eigenvalue weighted by atomic mass is 16.5. The predicted octanol–water partition coefficient (Wildman–Crippen LogP) is 3.51. The Hall–Kier alpha value is -2.93. The molecule has 7 heteroatoms. The maximum atomic E-state index is 13.0. The number of hydrogen-bond donors (Lipinski definition) is 2. The van der Waals surface area contributed by atoms with Crippen molar-refractivity contribution in [3.05, 3.63) is 58.9 Å². The summed E-state index contributed by atoms with van der Waals surface area (Å²) in [5, 5.41) is 9.09. The van der Waals surface area contributed by atoms with Gasteiger partial charge in [0.1, 0.15) is 18.4 Å². The maximum Gasteiger partial charge on any atom is 0.266 e. The number of pyridine rings is 1. The van der Waals surface area contributed by atoms with Gasteiger partial charge in [-0.15, -0.1) is 0 Å². The van der Waals surface area contributed by atoms with Crippen molar-refractivity contribution < 1.29 is 19.5 Å². The summed E-state index contributed by atoms with van der Waals surface area (Å²) in [6, 6.07) is 10.9. The zero-order valence-electron chi connectivity index (χ0n) is 18.6. The number of carbonyl (C=O) groups is 2. The number of aromatic nitrogens is 1. The Labute approximate surface area is 183 Å². The molecule has 2 aromatic rings. The predicted molar refractivity (Wildman–Crippen MR) is 117 cm³/mol.